The van der Waals surface area contributed by atoms with E-state index in [1.54, 1.807) is 12.1 Å². The van der Waals surface area contributed by atoms with Crippen LogP contribution in [-0.2, 0) is 0 Å². The normalized spacial score (nSPS) is 8.67. The number of nitrogens with two attached hydrogens (primary N) is 1. The van der Waals surface area contributed by atoms with Gasteiger partial charge in [0.2, 0.25) is 0 Å². The largest absolute Gasteiger partial charge is 0.398 e. The minimum absolute atomic E-state index is 0.135. The molecule has 0 unspecified atom stereocenters. The Balaban J connectivity index is 2.98. The topological polar surface area (TPSA) is 74.8 Å². The molecule has 0 radical (unpaired) electrons. The molecule has 1 aromatic carbocycles. The summed E-state index contributed by atoms with van der Waals surface area (Å²) in [6.45, 7) is 2.01. The highest BCUT2D eigenvalue weighted by atomic mass is 35.5. The Kier molecular flexibility index (Phi) is 3.87. The first-order chi connectivity index (χ1) is 7.15. The lowest BCUT2D eigenvalue weighted by molar-refractivity contribution is 1.25. The summed E-state index contributed by atoms with van der Waals surface area (Å²) in [6, 6.07) is 3.47. The number of azide groups is 1. The highest BCUT2D eigenvalue weighted by molar-refractivity contribution is 6.32. The van der Waals surface area contributed by atoms with Crippen molar-refractivity contribution in [2.24, 2.45) is 5.11 Å². The minimum Gasteiger partial charge on any atom is -0.398 e. The Bertz CT molecular complexity index is 478. The van der Waals surface area contributed by atoms with Gasteiger partial charge >= 0.3 is 0 Å². The summed E-state index contributed by atoms with van der Waals surface area (Å²) in [5.74, 6) is 5.51. The third-order valence-corrected chi connectivity index (χ3v) is 2.10. The van der Waals surface area contributed by atoms with Crippen LogP contribution in [-0.4, -0.2) is 6.54 Å². The zero-order valence-electron chi connectivity index (χ0n) is 8.16. The first kappa shape index (κ1) is 11.3. The quantitative estimate of drug-likeness (QED) is 0.255. The third kappa shape index (κ3) is 3.10. The lowest BCUT2D eigenvalue weighted by Gasteiger charge is -2.02. The van der Waals surface area contributed by atoms with Gasteiger partial charge in [0.05, 0.1) is 11.6 Å². The van der Waals surface area contributed by atoms with Crippen molar-refractivity contribution in [3.63, 3.8) is 0 Å². The van der Waals surface area contributed by atoms with Gasteiger partial charge in [-0.1, -0.05) is 28.6 Å². The molecule has 0 aliphatic rings. The Morgan fingerprint density at radius 1 is 1.60 bits per heavy atom. The van der Waals surface area contributed by atoms with Crippen LogP contribution < -0.4 is 5.73 Å². The summed E-state index contributed by atoms with van der Waals surface area (Å²) >= 11 is 5.93. The molecule has 76 valence electrons. The van der Waals surface area contributed by atoms with E-state index >= 15 is 0 Å². The van der Waals surface area contributed by atoms with Crippen LogP contribution >= 0.6 is 11.6 Å². The average Bonchev–Trinajstić information content (AvgIpc) is 2.20. The summed E-state index contributed by atoms with van der Waals surface area (Å²) in [4.78, 5) is 2.59. The Morgan fingerprint density at radius 3 is 3.00 bits per heavy atom. The molecule has 5 heteroatoms. The third-order valence-electron chi connectivity index (χ3n) is 1.79. The average molecular weight is 221 g/mol. The van der Waals surface area contributed by atoms with Crippen LogP contribution in [0.25, 0.3) is 10.4 Å². The van der Waals surface area contributed by atoms with Crippen molar-refractivity contribution in [1.82, 2.24) is 0 Å². The molecule has 0 amide bonds. The standard InChI is InChI=1S/C10H9ClN4/c1-7-5-8(3-2-4-14-15-13)9(11)6-10(7)12/h5-6H,4,12H2,1H3. The molecular weight excluding hydrogens is 212 g/mol. The lowest BCUT2D eigenvalue weighted by atomic mass is 10.1. The number of halogens is 1. The fourth-order valence-electron chi connectivity index (χ4n) is 0.994. The second-order valence-corrected chi connectivity index (χ2v) is 3.29. The van der Waals surface area contributed by atoms with E-state index in [2.05, 4.69) is 21.9 Å². The predicted octanol–water partition coefficient (Wildman–Crippen LogP) is 2.89. The van der Waals surface area contributed by atoms with Crippen molar-refractivity contribution in [2.45, 2.75) is 6.92 Å². The molecule has 1 rings (SSSR count). The molecule has 15 heavy (non-hydrogen) atoms. The van der Waals surface area contributed by atoms with Gasteiger partial charge in [0.1, 0.15) is 0 Å². The molecule has 0 fully saturated rings. The van der Waals surface area contributed by atoms with Crippen LogP contribution in [0.3, 0.4) is 0 Å². The van der Waals surface area contributed by atoms with E-state index in [0.717, 1.165) is 5.56 Å². The van der Waals surface area contributed by atoms with Crippen molar-refractivity contribution < 1.29 is 0 Å². The predicted molar refractivity (Wildman–Crippen MR) is 61.5 cm³/mol. The summed E-state index contributed by atoms with van der Waals surface area (Å²) in [6.07, 6.45) is 0. The Morgan fingerprint density at radius 2 is 2.33 bits per heavy atom. The van der Waals surface area contributed by atoms with Gasteiger partial charge in [-0.2, -0.15) is 0 Å². The van der Waals surface area contributed by atoms with Crippen molar-refractivity contribution in [3.05, 3.63) is 38.7 Å². The monoisotopic (exact) mass is 220 g/mol. The fraction of sp³-hybridized carbons (Fsp3) is 0.200. The molecule has 0 heterocycles. The van der Waals surface area contributed by atoms with Crippen LogP contribution in [0.2, 0.25) is 5.02 Å². The smallest absolute Gasteiger partial charge is 0.0880 e. The van der Waals surface area contributed by atoms with Crippen molar-refractivity contribution in [1.29, 1.82) is 0 Å². The second-order valence-electron chi connectivity index (χ2n) is 2.88. The van der Waals surface area contributed by atoms with Gasteiger partial charge in [-0.15, -0.1) is 0 Å². The SMILES string of the molecule is Cc1cc(C#CCN=[N+]=[N-])c(Cl)cc1N. The van der Waals surface area contributed by atoms with Crippen LogP contribution in [0.4, 0.5) is 5.69 Å². The van der Waals surface area contributed by atoms with Crippen molar-refractivity contribution in [3.8, 4) is 11.8 Å². The fourth-order valence-corrected chi connectivity index (χ4v) is 1.21. The molecular formula is C10H9ClN4. The Hall–Kier alpha value is -1.82. The number of rotatable bonds is 1. The maximum Gasteiger partial charge on any atom is 0.0880 e. The van der Waals surface area contributed by atoms with E-state index in [1.807, 2.05) is 6.92 Å². The molecule has 0 spiro atoms. The number of hydrogen-bond acceptors (Lipinski definition) is 2. The molecule has 0 aliphatic carbocycles. The maximum absolute atomic E-state index is 8.05. The van der Waals surface area contributed by atoms with Gasteiger partial charge in [0.25, 0.3) is 0 Å². The zero-order chi connectivity index (χ0) is 11.3. The van der Waals surface area contributed by atoms with Gasteiger partial charge in [-0.3, -0.25) is 0 Å². The van der Waals surface area contributed by atoms with Gasteiger partial charge in [-0.05, 0) is 30.2 Å². The number of nitrogens with zero attached hydrogens (tertiary/aromatic N) is 3. The van der Waals surface area contributed by atoms with Gasteiger partial charge in [0, 0.05) is 16.2 Å². The number of aryl methyl sites for hydroxylation is 1. The van der Waals surface area contributed by atoms with E-state index in [0.29, 0.717) is 16.3 Å². The summed E-state index contributed by atoms with van der Waals surface area (Å²) in [5.41, 5.74) is 16.0. The second kappa shape index (κ2) is 5.16. The van der Waals surface area contributed by atoms with E-state index < -0.39 is 0 Å². The molecule has 0 aromatic heterocycles. The molecule has 1 aromatic rings. The van der Waals surface area contributed by atoms with Crippen LogP contribution in [0.1, 0.15) is 11.1 Å². The lowest BCUT2D eigenvalue weighted by Crippen LogP contribution is -1.91. The number of nitrogen functional groups attached to an aromatic ring is 1. The van der Waals surface area contributed by atoms with Gasteiger partial charge in [0.15, 0.2) is 0 Å². The van der Waals surface area contributed by atoms with Crippen molar-refractivity contribution in [2.75, 3.05) is 12.3 Å². The molecule has 0 saturated carbocycles. The van der Waals surface area contributed by atoms with E-state index in [4.69, 9.17) is 22.9 Å². The first-order valence-electron chi connectivity index (χ1n) is 4.20. The van der Waals surface area contributed by atoms with E-state index in [1.165, 1.54) is 0 Å². The minimum atomic E-state index is 0.135. The zero-order valence-corrected chi connectivity index (χ0v) is 8.91. The van der Waals surface area contributed by atoms with E-state index in [9.17, 15) is 0 Å². The van der Waals surface area contributed by atoms with Gasteiger partial charge in [-0.25, -0.2) is 0 Å². The number of benzene rings is 1. The first-order valence-corrected chi connectivity index (χ1v) is 4.58. The van der Waals surface area contributed by atoms with Crippen LogP contribution in [0.15, 0.2) is 17.2 Å². The number of hydrogen-bond donors (Lipinski definition) is 1. The number of anilines is 1. The van der Waals surface area contributed by atoms with Crippen molar-refractivity contribution >= 4 is 17.3 Å². The van der Waals surface area contributed by atoms with Crippen LogP contribution in [0, 0.1) is 18.8 Å². The van der Waals surface area contributed by atoms with Crippen LogP contribution in [0.5, 0.6) is 0 Å². The summed E-state index contributed by atoms with van der Waals surface area (Å²) < 4.78 is 0. The molecule has 0 saturated heterocycles. The molecule has 2 N–H and O–H groups in total. The van der Waals surface area contributed by atoms with E-state index in [-0.39, 0.29) is 6.54 Å². The highest BCUT2D eigenvalue weighted by Crippen LogP contribution is 2.21. The highest BCUT2D eigenvalue weighted by Gasteiger charge is 2.00. The summed E-state index contributed by atoms with van der Waals surface area (Å²) in [5, 5.41) is 3.80. The molecule has 0 atom stereocenters. The Labute approximate surface area is 92.7 Å². The summed E-state index contributed by atoms with van der Waals surface area (Å²) in [7, 11) is 0. The maximum atomic E-state index is 8.05. The van der Waals surface area contributed by atoms with Gasteiger partial charge < -0.3 is 5.73 Å². The molecule has 0 bridgehead atoms. The molecule has 4 nitrogen and oxygen atoms in total. The molecule has 0 aliphatic heterocycles.